The lowest BCUT2D eigenvalue weighted by Gasteiger charge is -2.37. The van der Waals surface area contributed by atoms with Crippen molar-refractivity contribution in [1.29, 1.82) is 0 Å². The van der Waals surface area contributed by atoms with Crippen LogP contribution in [0.1, 0.15) is 24.1 Å². The third-order valence-corrected chi connectivity index (χ3v) is 5.71. The van der Waals surface area contributed by atoms with Crippen LogP contribution < -0.4 is 11.2 Å². The third-order valence-electron chi connectivity index (χ3n) is 5.71. The van der Waals surface area contributed by atoms with Crippen molar-refractivity contribution < 1.29 is 23.8 Å². The summed E-state index contributed by atoms with van der Waals surface area (Å²) in [5, 5.41) is 15.3. The number of phenolic OH excluding ortho intramolecular Hbond substituents is 1. The number of nitrogens with zero attached hydrogens (tertiary/aromatic N) is 3. The Labute approximate surface area is 202 Å². The molecule has 1 saturated heterocycles. The van der Waals surface area contributed by atoms with Gasteiger partial charge in [-0.25, -0.2) is 30.0 Å². The molecule has 2 heterocycles. The van der Waals surface area contributed by atoms with Gasteiger partial charge in [-0.15, -0.1) is 12.4 Å². The van der Waals surface area contributed by atoms with Gasteiger partial charge >= 0.3 is 6.09 Å². The largest absolute Gasteiger partial charge is 0.507 e. The van der Waals surface area contributed by atoms with Crippen LogP contribution in [0.2, 0.25) is 0 Å². The van der Waals surface area contributed by atoms with Crippen molar-refractivity contribution in [2.45, 2.75) is 25.4 Å². The molecule has 9 nitrogen and oxygen atoms in total. The minimum atomic E-state index is -1.21. The number of rotatable bonds is 6. The van der Waals surface area contributed by atoms with E-state index in [1.54, 1.807) is 0 Å². The molecule has 0 bridgehead atoms. The first-order valence-electron chi connectivity index (χ1n) is 10.6. The van der Waals surface area contributed by atoms with Crippen LogP contribution in [0.4, 0.5) is 9.18 Å². The number of amides is 1. The summed E-state index contributed by atoms with van der Waals surface area (Å²) in [6.07, 6.45) is 0.415. The number of nitrogens with two attached hydrogens (primary N) is 1. The summed E-state index contributed by atoms with van der Waals surface area (Å²) >= 11 is 0. The zero-order valence-electron chi connectivity index (χ0n) is 18.9. The van der Waals surface area contributed by atoms with Gasteiger partial charge in [-0.1, -0.05) is 18.2 Å². The number of hydrogen-bond donors (Lipinski definition) is 3. The lowest BCUT2D eigenvalue weighted by Crippen LogP contribution is -2.59. The lowest BCUT2D eigenvalue weighted by molar-refractivity contribution is 0.0244. The highest BCUT2D eigenvalue weighted by atomic mass is 35.5. The number of halogens is 2. The first-order chi connectivity index (χ1) is 15.9. The molecule has 0 spiro atoms. The molecular weight excluding hydrogens is 465 g/mol. The average molecular weight is 492 g/mol. The Bertz CT molecular complexity index is 1170. The van der Waals surface area contributed by atoms with Crippen LogP contribution >= 0.6 is 12.4 Å². The highest BCUT2D eigenvalue weighted by Gasteiger charge is 2.46. The Morgan fingerprint density at radius 1 is 1.29 bits per heavy atom. The molecule has 2 aromatic carbocycles. The number of hydrogen-bond acceptors (Lipinski definition) is 8. The van der Waals surface area contributed by atoms with Gasteiger partial charge in [0.15, 0.2) is 11.5 Å². The highest BCUT2D eigenvalue weighted by Crippen LogP contribution is 2.38. The molecule has 11 heteroatoms. The van der Waals surface area contributed by atoms with E-state index in [-0.39, 0.29) is 42.8 Å². The Morgan fingerprint density at radius 2 is 2.09 bits per heavy atom. The zero-order chi connectivity index (χ0) is 23.6. The summed E-state index contributed by atoms with van der Waals surface area (Å²) in [5.74, 6) is 5.36. The first-order valence-corrected chi connectivity index (χ1v) is 10.6. The molecule has 3 aromatic rings. The van der Waals surface area contributed by atoms with E-state index < -0.39 is 17.6 Å². The molecule has 0 unspecified atom stereocenters. The molecule has 34 heavy (non-hydrogen) atoms. The number of ether oxygens (including phenoxy) is 2. The topological polar surface area (TPSA) is 123 Å². The van der Waals surface area contributed by atoms with Gasteiger partial charge in [-0.3, -0.25) is 5.32 Å². The number of hydrazine groups is 1. The van der Waals surface area contributed by atoms with Crippen molar-refractivity contribution in [3.8, 4) is 17.1 Å². The van der Waals surface area contributed by atoms with Crippen molar-refractivity contribution in [1.82, 2.24) is 20.3 Å². The van der Waals surface area contributed by atoms with Crippen molar-refractivity contribution in [2.75, 3.05) is 26.9 Å². The Morgan fingerprint density at radius 3 is 2.76 bits per heavy atom. The number of aromatic hydroxyl groups is 1. The van der Waals surface area contributed by atoms with E-state index in [1.165, 1.54) is 25.3 Å². The predicted octanol–water partition coefficient (Wildman–Crippen LogP) is 3.37. The summed E-state index contributed by atoms with van der Waals surface area (Å²) in [6, 6.07) is 9.57. The van der Waals surface area contributed by atoms with E-state index in [9.17, 15) is 14.3 Å². The Hall–Kier alpha value is -3.05. The van der Waals surface area contributed by atoms with Gasteiger partial charge in [0.2, 0.25) is 0 Å². The fourth-order valence-corrected chi connectivity index (χ4v) is 4.09. The van der Waals surface area contributed by atoms with Gasteiger partial charge < -0.3 is 14.6 Å². The number of carbonyl (C=O) groups is 1. The van der Waals surface area contributed by atoms with Gasteiger partial charge in [0.1, 0.15) is 18.2 Å². The van der Waals surface area contributed by atoms with Crippen molar-refractivity contribution in [3.05, 3.63) is 53.5 Å². The minimum Gasteiger partial charge on any atom is -0.507 e. The quantitative estimate of drug-likeness (QED) is 0.207. The molecule has 1 aliphatic rings. The number of aromatic nitrogens is 2. The highest BCUT2D eigenvalue weighted by molar-refractivity contribution is 5.86. The maximum Gasteiger partial charge on any atom is 0.426 e. The summed E-state index contributed by atoms with van der Waals surface area (Å²) in [4.78, 5) is 22.0. The van der Waals surface area contributed by atoms with Gasteiger partial charge in [-0.2, -0.15) is 0 Å². The molecule has 4 rings (SSSR count). The lowest BCUT2D eigenvalue weighted by atomic mass is 9.97. The number of phenols is 1. The summed E-state index contributed by atoms with van der Waals surface area (Å²) in [6.45, 7) is 2.76. The minimum absolute atomic E-state index is 0. The zero-order valence-corrected chi connectivity index (χ0v) is 19.7. The Balaban J connectivity index is 0.00000324. The van der Waals surface area contributed by atoms with Gasteiger partial charge in [0, 0.05) is 12.5 Å². The summed E-state index contributed by atoms with van der Waals surface area (Å²) in [7, 11) is 1.50. The molecule has 1 atom stereocenters. The predicted molar refractivity (Wildman–Crippen MR) is 127 cm³/mol. The molecule has 182 valence electrons. The fraction of sp³-hybridized carbons (Fsp3) is 0.348. The second-order valence-corrected chi connectivity index (χ2v) is 7.92. The van der Waals surface area contributed by atoms with E-state index in [4.69, 9.17) is 15.3 Å². The van der Waals surface area contributed by atoms with Crippen LogP contribution in [0.15, 0.2) is 36.4 Å². The van der Waals surface area contributed by atoms with Gasteiger partial charge in [-0.05, 0) is 50.1 Å². The smallest absolute Gasteiger partial charge is 0.426 e. The maximum absolute atomic E-state index is 14.7. The van der Waals surface area contributed by atoms with Crippen LogP contribution in [0.5, 0.6) is 5.75 Å². The third kappa shape index (κ3) is 4.62. The molecule has 0 saturated carbocycles. The molecule has 1 aliphatic heterocycles. The number of carbonyl (C=O) groups excluding carboxylic acids is 1. The van der Waals surface area contributed by atoms with Crippen molar-refractivity contribution >= 4 is 29.4 Å². The van der Waals surface area contributed by atoms with E-state index in [1.807, 2.05) is 25.1 Å². The molecule has 0 radical (unpaired) electrons. The molecular formula is C23H27ClFN5O4. The van der Waals surface area contributed by atoms with E-state index in [2.05, 4.69) is 15.3 Å². The number of fused-ring (bicyclic) bond motifs is 1. The molecule has 0 aliphatic carbocycles. The van der Waals surface area contributed by atoms with Crippen LogP contribution in [0.25, 0.3) is 22.3 Å². The SMILES string of the molecule is COCCOC(=O)N(N)[C@@]1(c2nc(-c3c(O)cccc3F)nc3cc(C)ccc23)CCCN1.Cl. The summed E-state index contributed by atoms with van der Waals surface area (Å²) < 4.78 is 24.9. The Kier molecular flexibility index (Phi) is 7.88. The first kappa shape index (κ1) is 25.6. The second kappa shape index (κ2) is 10.5. The molecule has 1 aromatic heterocycles. The van der Waals surface area contributed by atoms with Crippen LogP contribution in [-0.2, 0) is 15.1 Å². The van der Waals surface area contributed by atoms with Crippen LogP contribution in [0.3, 0.4) is 0 Å². The number of aryl methyl sites for hydroxylation is 1. The molecule has 4 N–H and O–H groups in total. The summed E-state index contributed by atoms with van der Waals surface area (Å²) in [5.41, 5.74) is 0.533. The molecule has 1 amide bonds. The second-order valence-electron chi connectivity index (χ2n) is 7.92. The van der Waals surface area contributed by atoms with Crippen LogP contribution in [0, 0.1) is 12.7 Å². The standard InChI is InChI=1S/C23H26FN5O4.ClH/c1-14-7-8-15-17(13-14)27-21(19-16(24)5-3-6-18(19)30)28-20(15)23(9-4-10-26-23)29(25)22(31)33-12-11-32-2;/h3,5-8,13,26,30H,4,9-12,25H2,1-2H3;1H/t23-;/m1./s1. The van der Waals surface area contributed by atoms with Crippen molar-refractivity contribution in [2.24, 2.45) is 5.84 Å². The monoisotopic (exact) mass is 491 g/mol. The van der Waals surface area contributed by atoms with Crippen LogP contribution in [-0.4, -0.2) is 53.0 Å². The van der Waals surface area contributed by atoms with Crippen molar-refractivity contribution in [3.63, 3.8) is 0 Å². The number of benzene rings is 2. The number of nitrogens with one attached hydrogen (secondary N) is 1. The normalized spacial score (nSPS) is 17.4. The van der Waals surface area contributed by atoms with E-state index in [0.717, 1.165) is 17.0 Å². The van der Waals surface area contributed by atoms with E-state index in [0.29, 0.717) is 29.6 Å². The number of methoxy groups -OCH3 is 1. The van der Waals surface area contributed by atoms with Gasteiger partial charge in [0.05, 0.1) is 23.4 Å². The average Bonchev–Trinajstić information content (AvgIpc) is 3.29. The molecule has 1 fully saturated rings. The van der Waals surface area contributed by atoms with Gasteiger partial charge in [0.25, 0.3) is 0 Å². The van der Waals surface area contributed by atoms with E-state index >= 15 is 0 Å². The fourth-order valence-electron chi connectivity index (χ4n) is 4.09. The maximum atomic E-state index is 14.7.